The topological polar surface area (TPSA) is 67.2 Å². The van der Waals surface area contributed by atoms with E-state index in [1.54, 1.807) is 0 Å². The van der Waals surface area contributed by atoms with Gasteiger partial charge >= 0.3 is 0 Å². The Hall–Kier alpha value is -1.36. The van der Waals surface area contributed by atoms with E-state index in [2.05, 4.69) is 14.9 Å². The lowest BCUT2D eigenvalue weighted by Crippen LogP contribution is -2.49. The Bertz CT molecular complexity index is 477. The number of hydrogen-bond acceptors (Lipinski definition) is 3. The molecule has 1 aromatic heterocycles. The second kappa shape index (κ2) is 5.56. The second-order valence-electron chi connectivity index (χ2n) is 6.20. The van der Waals surface area contributed by atoms with Crippen LogP contribution in [0, 0.1) is 5.92 Å². The van der Waals surface area contributed by atoms with Crippen molar-refractivity contribution < 1.29 is 9.90 Å². The minimum atomic E-state index is -1.12. The molecule has 0 aromatic carbocycles. The van der Waals surface area contributed by atoms with Crippen molar-refractivity contribution in [1.29, 1.82) is 0 Å². The van der Waals surface area contributed by atoms with Crippen LogP contribution in [0.3, 0.4) is 0 Å². The lowest BCUT2D eigenvalue weighted by atomic mass is 9.84. The summed E-state index contributed by atoms with van der Waals surface area (Å²) in [6.07, 6.45) is 10.0. The standard InChI is InChI=1S/C15H23N3O2/c19-14(15(20)5-2-1-3-6-15)17-11-12-4-8-18-9-7-16-13(18)10-12/h7,9,12,20H,1-6,8,10-11H2,(H,17,19)/t12-/m1/s1. The molecule has 1 aliphatic heterocycles. The van der Waals surface area contributed by atoms with E-state index in [-0.39, 0.29) is 5.91 Å². The minimum absolute atomic E-state index is 0.175. The molecule has 0 spiro atoms. The average molecular weight is 277 g/mol. The number of carbonyl (C=O) groups excluding carboxylic acids is 1. The summed E-state index contributed by atoms with van der Waals surface area (Å²) >= 11 is 0. The van der Waals surface area contributed by atoms with Crippen molar-refractivity contribution in [2.24, 2.45) is 5.92 Å². The number of imidazole rings is 1. The summed E-state index contributed by atoms with van der Waals surface area (Å²) in [5.41, 5.74) is -1.12. The van der Waals surface area contributed by atoms with Crippen molar-refractivity contribution in [3.8, 4) is 0 Å². The number of fused-ring (bicyclic) bond motifs is 1. The fraction of sp³-hybridized carbons (Fsp3) is 0.733. The van der Waals surface area contributed by atoms with Gasteiger partial charge in [-0.1, -0.05) is 19.3 Å². The van der Waals surface area contributed by atoms with E-state index >= 15 is 0 Å². The molecule has 110 valence electrons. The molecular weight excluding hydrogens is 254 g/mol. The molecule has 5 nitrogen and oxygen atoms in total. The van der Waals surface area contributed by atoms with Gasteiger partial charge in [-0.15, -0.1) is 0 Å². The molecule has 1 aliphatic carbocycles. The Morgan fingerprint density at radius 1 is 1.45 bits per heavy atom. The highest BCUT2D eigenvalue weighted by Crippen LogP contribution is 2.28. The molecule has 0 saturated heterocycles. The van der Waals surface area contributed by atoms with E-state index in [0.29, 0.717) is 25.3 Å². The highest BCUT2D eigenvalue weighted by Gasteiger charge is 2.37. The van der Waals surface area contributed by atoms with E-state index < -0.39 is 5.60 Å². The molecule has 20 heavy (non-hydrogen) atoms. The van der Waals surface area contributed by atoms with E-state index in [1.165, 1.54) is 0 Å². The summed E-state index contributed by atoms with van der Waals surface area (Å²) in [5.74, 6) is 1.36. The molecule has 3 rings (SSSR count). The zero-order valence-electron chi connectivity index (χ0n) is 11.8. The fourth-order valence-corrected chi connectivity index (χ4v) is 3.36. The van der Waals surface area contributed by atoms with Gasteiger partial charge in [0.15, 0.2) is 0 Å². The maximum atomic E-state index is 12.2. The Kier molecular flexibility index (Phi) is 3.78. The Labute approximate surface area is 119 Å². The fourth-order valence-electron chi connectivity index (χ4n) is 3.36. The van der Waals surface area contributed by atoms with Crippen LogP contribution in [0.1, 0.15) is 44.3 Å². The van der Waals surface area contributed by atoms with Crippen molar-refractivity contribution in [1.82, 2.24) is 14.9 Å². The summed E-state index contributed by atoms with van der Waals surface area (Å²) in [7, 11) is 0. The number of hydrogen-bond donors (Lipinski definition) is 2. The van der Waals surface area contributed by atoms with Crippen LogP contribution in [-0.2, 0) is 17.8 Å². The van der Waals surface area contributed by atoms with Gasteiger partial charge in [-0.25, -0.2) is 4.98 Å². The van der Waals surface area contributed by atoms with Crippen molar-refractivity contribution in [3.63, 3.8) is 0 Å². The number of carbonyl (C=O) groups is 1. The highest BCUT2D eigenvalue weighted by molar-refractivity contribution is 5.84. The van der Waals surface area contributed by atoms with Crippen LogP contribution in [0.15, 0.2) is 12.4 Å². The molecular formula is C15H23N3O2. The summed E-state index contributed by atoms with van der Waals surface area (Å²) < 4.78 is 2.17. The van der Waals surface area contributed by atoms with E-state index in [0.717, 1.165) is 44.5 Å². The minimum Gasteiger partial charge on any atom is -0.380 e. The zero-order chi connectivity index (χ0) is 14.0. The Morgan fingerprint density at radius 3 is 3.05 bits per heavy atom. The first kappa shape index (κ1) is 13.6. The smallest absolute Gasteiger partial charge is 0.251 e. The van der Waals surface area contributed by atoms with Gasteiger partial charge in [0.25, 0.3) is 5.91 Å². The molecule has 0 unspecified atom stereocenters. The van der Waals surface area contributed by atoms with Gasteiger partial charge in [0, 0.05) is 31.9 Å². The predicted molar refractivity (Wildman–Crippen MR) is 75.1 cm³/mol. The number of aliphatic hydroxyl groups is 1. The van der Waals surface area contributed by atoms with Gasteiger partial charge in [0.05, 0.1) is 0 Å². The average Bonchev–Trinajstić information content (AvgIpc) is 2.93. The third-order valence-electron chi connectivity index (χ3n) is 4.71. The van der Waals surface area contributed by atoms with Gasteiger partial charge < -0.3 is 15.0 Å². The van der Waals surface area contributed by atoms with Gasteiger partial charge in [-0.2, -0.15) is 0 Å². The van der Waals surface area contributed by atoms with Gasteiger partial charge in [0.1, 0.15) is 11.4 Å². The lowest BCUT2D eigenvalue weighted by Gasteiger charge is -2.31. The molecule has 2 heterocycles. The molecule has 2 aliphatic rings. The van der Waals surface area contributed by atoms with Crippen LogP contribution in [0.5, 0.6) is 0 Å². The van der Waals surface area contributed by atoms with Crippen LogP contribution in [0.2, 0.25) is 0 Å². The van der Waals surface area contributed by atoms with Crippen LogP contribution >= 0.6 is 0 Å². The first-order chi connectivity index (χ1) is 9.67. The molecule has 0 radical (unpaired) electrons. The summed E-state index contributed by atoms with van der Waals surface area (Å²) in [4.78, 5) is 16.5. The largest absolute Gasteiger partial charge is 0.380 e. The highest BCUT2D eigenvalue weighted by atomic mass is 16.3. The van der Waals surface area contributed by atoms with Crippen molar-refractivity contribution in [2.75, 3.05) is 6.54 Å². The third-order valence-corrected chi connectivity index (χ3v) is 4.71. The Balaban J connectivity index is 1.51. The first-order valence-electron chi connectivity index (χ1n) is 7.68. The maximum absolute atomic E-state index is 12.2. The number of aromatic nitrogens is 2. The predicted octanol–water partition coefficient (Wildman–Crippen LogP) is 1.26. The molecule has 0 bridgehead atoms. The van der Waals surface area contributed by atoms with E-state index in [4.69, 9.17) is 0 Å². The number of aryl methyl sites for hydroxylation is 1. The van der Waals surface area contributed by atoms with Crippen molar-refractivity contribution >= 4 is 5.91 Å². The van der Waals surface area contributed by atoms with Crippen LogP contribution < -0.4 is 5.32 Å². The van der Waals surface area contributed by atoms with Gasteiger partial charge in [-0.05, 0) is 25.2 Å². The van der Waals surface area contributed by atoms with Crippen molar-refractivity contribution in [3.05, 3.63) is 18.2 Å². The molecule has 5 heteroatoms. The first-order valence-corrected chi connectivity index (χ1v) is 7.68. The third kappa shape index (κ3) is 2.73. The molecule has 1 fully saturated rings. The SMILES string of the molecule is O=C(NC[C@@H]1CCn2ccnc2C1)C1(O)CCCCC1. The number of amides is 1. The molecule has 1 amide bonds. The zero-order valence-corrected chi connectivity index (χ0v) is 11.8. The summed E-state index contributed by atoms with van der Waals surface area (Å²) in [5, 5.41) is 13.3. The Morgan fingerprint density at radius 2 is 2.25 bits per heavy atom. The van der Waals surface area contributed by atoms with E-state index in [1.807, 2.05) is 12.4 Å². The maximum Gasteiger partial charge on any atom is 0.251 e. The number of nitrogens with one attached hydrogen (secondary N) is 1. The van der Waals surface area contributed by atoms with E-state index in [9.17, 15) is 9.90 Å². The van der Waals surface area contributed by atoms with Crippen LogP contribution in [-0.4, -0.2) is 32.7 Å². The quantitative estimate of drug-likeness (QED) is 0.874. The molecule has 1 aromatic rings. The number of rotatable bonds is 3. The van der Waals surface area contributed by atoms with Crippen molar-refractivity contribution in [2.45, 2.75) is 57.1 Å². The summed E-state index contributed by atoms with van der Waals surface area (Å²) in [6.45, 7) is 1.62. The second-order valence-corrected chi connectivity index (χ2v) is 6.20. The molecule has 1 saturated carbocycles. The summed E-state index contributed by atoms with van der Waals surface area (Å²) in [6, 6.07) is 0. The monoisotopic (exact) mass is 277 g/mol. The molecule has 1 atom stereocenters. The normalized spacial score (nSPS) is 24.9. The van der Waals surface area contributed by atoms with Gasteiger partial charge in [-0.3, -0.25) is 4.79 Å². The molecule has 2 N–H and O–H groups in total. The lowest BCUT2D eigenvalue weighted by molar-refractivity contribution is -0.143. The van der Waals surface area contributed by atoms with Crippen LogP contribution in [0.25, 0.3) is 0 Å². The number of nitrogens with zero attached hydrogens (tertiary/aromatic N) is 2. The van der Waals surface area contributed by atoms with Crippen LogP contribution in [0.4, 0.5) is 0 Å². The van der Waals surface area contributed by atoms with Gasteiger partial charge in [0.2, 0.25) is 0 Å².